The van der Waals surface area contributed by atoms with Crippen molar-refractivity contribution >= 4 is 11.6 Å². The van der Waals surface area contributed by atoms with Gasteiger partial charge in [0, 0.05) is 36.1 Å². The van der Waals surface area contributed by atoms with Crippen molar-refractivity contribution in [3.05, 3.63) is 71.8 Å². The molecule has 0 aliphatic carbocycles. The molecule has 144 valence electrons. The average molecular weight is 366 g/mol. The van der Waals surface area contributed by atoms with Crippen LogP contribution in [0.2, 0.25) is 0 Å². The highest BCUT2D eigenvalue weighted by Gasteiger charge is 2.24. The fourth-order valence-corrected chi connectivity index (χ4v) is 3.47. The van der Waals surface area contributed by atoms with Crippen molar-refractivity contribution in [2.75, 3.05) is 6.54 Å². The molecule has 0 amide bonds. The molecule has 0 N–H and O–H groups in total. The van der Waals surface area contributed by atoms with Gasteiger partial charge in [-0.05, 0) is 26.8 Å². The molecule has 2 rings (SSSR count). The van der Waals surface area contributed by atoms with Crippen LogP contribution in [0.4, 0.5) is 0 Å². The largest absolute Gasteiger partial charge is 0.297 e. The van der Waals surface area contributed by atoms with E-state index in [1.165, 1.54) is 0 Å². The molecule has 2 aromatic rings. The van der Waals surface area contributed by atoms with E-state index in [0.717, 1.165) is 30.5 Å². The maximum atomic E-state index is 12.6. The summed E-state index contributed by atoms with van der Waals surface area (Å²) in [7, 11) is 0. The maximum Gasteiger partial charge on any atom is 0.164 e. The monoisotopic (exact) mass is 365 g/mol. The average Bonchev–Trinajstić information content (AvgIpc) is 2.69. The van der Waals surface area contributed by atoms with Crippen LogP contribution < -0.4 is 0 Å². The van der Waals surface area contributed by atoms with Gasteiger partial charge in [-0.3, -0.25) is 14.5 Å². The Balaban J connectivity index is 2.03. The SMILES string of the molecule is CCCCN(C(C)CC(=O)c1ccccc1)C(C)CC(=O)c1ccccc1. The normalized spacial score (nSPS) is 13.3. The van der Waals surface area contributed by atoms with E-state index in [4.69, 9.17) is 0 Å². The summed E-state index contributed by atoms with van der Waals surface area (Å²) in [5.74, 6) is 0.317. The first-order chi connectivity index (χ1) is 13.0. The van der Waals surface area contributed by atoms with Gasteiger partial charge >= 0.3 is 0 Å². The molecule has 3 nitrogen and oxygen atoms in total. The summed E-state index contributed by atoms with van der Waals surface area (Å²) >= 11 is 0. The van der Waals surface area contributed by atoms with Crippen molar-refractivity contribution in [2.24, 2.45) is 0 Å². The molecule has 2 atom stereocenters. The van der Waals surface area contributed by atoms with Crippen molar-refractivity contribution in [1.82, 2.24) is 4.90 Å². The van der Waals surface area contributed by atoms with Crippen molar-refractivity contribution in [1.29, 1.82) is 0 Å². The van der Waals surface area contributed by atoms with E-state index in [2.05, 4.69) is 25.7 Å². The Bertz CT molecular complexity index is 652. The van der Waals surface area contributed by atoms with Gasteiger partial charge in [0.15, 0.2) is 11.6 Å². The first-order valence-electron chi connectivity index (χ1n) is 9.95. The molecule has 0 aliphatic rings. The van der Waals surface area contributed by atoms with Gasteiger partial charge in [-0.15, -0.1) is 0 Å². The Morgan fingerprint density at radius 1 is 0.778 bits per heavy atom. The third kappa shape index (κ3) is 6.44. The molecular weight excluding hydrogens is 334 g/mol. The highest BCUT2D eigenvalue weighted by atomic mass is 16.1. The summed E-state index contributed by atoms with van der Waals surface area (Å²) in [6, 6.07) is 19.1. The zero-order chi connectivity index (χ0) is 19.6. The van der Waals surface area contributed by atoms with E-state index in [1.807, 2.05) is 60.7 Å². The Labute approximate surface area is 163 Å². The number of carbonyl (C=O) groups is 2. The van der Waals surface area contributed by atoms with Crippen LogP contribution in [0.3, 0.4) is 0 Å². The molecule has 2 aromatic carbocycles. The second-order valence-corrected chi connectivity index (χ2v) is 7.28. The highest BCUT2D eigenvalue weighted by Crippen LogP contribution is 2.18. The Hall–Kier alpha value is -2.26. The molecule has 27 heavy (non-hydrogen) atoms. The molecule has 0 spiro atoms. The summed E-state index contributed by atoms with van der Waals surface area (Å²) < 4.78 is 0. The number of unbranched alkanes of at least 4 members (excludes halogenated alkanes) is 1. The molecule has 0 saturated carbocycles. The summed E-state index contributed by atoms with van der Waals surface area (Å²) in [5.41, 5.74) is 1.51. The van der Waals surface area contributed by atoms with E-state index in [0.29, 0.717) is 12.8 Å². The molecule has 0 saturated heterocycles. The predicted molar refractivity (Wildman–Crippen MR) is 111 cm³/mol. The van der Waals surface area contributed by atoms with Crippen LogP contribution in [-0.4, -0.2) is 35.1 Å². The lowest BCUT2D eigenvalue weighted by Gasteiger charge is -2.34. The summed E-state index contributed by atoms with van der Waals surface area (Å²) in [5, 5.41) is 0. The zero-order valence-corrected chi connectivity index (χ0v) is 16.7. The lowest BCUT2D eigenvalue weighted by Crippen LogP contribution is -2.43. The van der Waals surface area contributed by atoms with Gasteiger partial charge in [0.2, 0.25) is 0 Å². The van der Waals surface area contributed by atoms with Crippen LogP contribution >= 0.6 is 0 Å². The minimum absolute atomic E-state index is 0.0998. The quantitative estimate of drug-likeness (QED) is 0.500. The first-order valence-corrected chi connectivity index (χ1v) is 9.95. The van der Waals surface area contributed by atoms with Gasteiger partial charge in [-0.2, -0.15) is 0 Å². The topological polar surface area (TPSA) is 37.4 Å². The molecule has 0 fully saturated rings. The molecule has 0 heterocycles. The number of Topliss-reactive ketones (excluding diaryl/α,β-unsaturated/α-hetero) is 2. The third-order valence-electron chi connectivity index (χ3n) is 5.06. The lowest BCUT2D eigenvalue weighted by molar-refractivity contribution is 0.0826. The number of rotatable bonds is 11. The van der Waals surface area contributed by atoms with Crippen LogP contribution in [0, 0.1) is 0 Å². The van der Waals surface area contributed by atoms with Gasteiger partial charge in [-0.25, -0.2) is 0 Å². The van der Waals surface area contributed by atoms with Crippen LogP contribution in [-0.2, 0) is 0 Å². The van der Waals surface area contributed by atoms with Gasteiger partial charge in [-0.1, -0.05) is 74.0 Å². The molecule has 3 heteroatoms. The molecular formula is C24H31NO2. The zero-order valence-electron chi connectivity index (χ0n) is 16.7. The second-order valence-electron chi connectivity index (χ2n) is 7.28. The fourth-order valence-electron chi connectivity index (χ4n) is 3.47. The number of benzene rings is 2. The van der Waals surface area contributed by atoms with Crippen LogP contribution in [0.5, 0.6) is 0 Å². The first kappa shape index (κ1) is 21.0. The lowest BCUT2D eigenvalue weighted by atomic mass is 9.99. The van der Waals surface area contributed by atoms with E-state index >= 15 is 0 Å². The minimum atomic E-state index is 0.0998. The third-order valence-corrected chi connectivity index (χ3v) is 5.06. The van der Waals surface area contributed by atoms with Crippen LogP contribution in [0.15, 0.2) is 60.7 Å². The fraction of sp³-hybridized carbons (Fsp3) is 0.417. The van der Waals surface area contributed by atoms with E-state index in [1.54, 1.807) is 0 Å². The molecule has 0 bridgehead atoms. The summed E-state index contributed by atoms with van der Waals surface area (Å²) in [6.07, 6.45) is 3.10. The van der Waals surface area contributed by atoms with Gasteiger partial charge in [0.25, 0.3) is 0 Å². The molecule has 0 radical (unpaired) electrons. The van der Waals surface area contributed by atoms with Gasteiger partial charge in [0.05, 0.1) is 0 Å². The Kier molecular flexibility index (Phi) is 8.41. The number of carbonyl (C=O) groups excluding carboxylic acids is 2. The Morgan fingerprint density at radius 3 is 1.56 bits per heavy atom. The highest BCUT2D eigenvalue weighted by molar-refractivity contribution is 5.97. The van der Waals surface area contributed by atoms with E-state index in [-0.39, 0.29) is 23.7 Å². The van der Waals surface area contributed by atoms with Crippen molar-refractivity contribution < 1.29 is 9.59 Å². The van der Waals surface area contributed by atoms with E-state index in [9.17, 15) is 9.59 Å². The number of hydrogen-bond acceptors (Lipinski definition) is 3. The van der Waals surface area contributed by atoms with Crippen molar-refractivity contribution in [3.8, 4) is 0 Å². The minimum Gasteiger partial charge on any atom is -0.297 e. The smallest absolute Gasteiger partial charge is 0.164 e. The maximum absolute atomic E-state index is 12.6. The summed E-state index contributed by atoms with van der Waals surface area (Å²) in [4.78, 5) is 27.5. The standard InChI is InChI=1S/C24H31NO2/c1-4-5-16-25(19(2)17-23(26)21-12-8-6-9-13-21)20(3)18-24(27)22-14-10-7-11-15-22/h6-15,19-20H,4-5,16-18H2,1-3H3. The van der Waals surface area contributed by atoms with Crippen LogP contribution in [0.25, 0.3) is 0 Å². The molecule has 0 aliphatic heterocycles. The molecule has 2 unspecified atom stereocenters. The van der Waals surface area contributed by atoms with E-state index < -0.39 is 0 Å². The summed E-state index contributed by atoms with van der Waals surface area (Å²) in [6.45, 7) is 7.26. The second kappa shape index (κ2) is 10.8. The number of ketones is 2. The van der Waals surface area contributed by atoms with Crippen molar-refractivity contribution in [2.45, 2.75) is 58.5 Å². The molecule has 0 aromatic heterocycles. The van der Waals surface area contributed by atoms with Crippen molar-refractivity contribution in [3.63, 3.8) is 0 Å². The Morgan fingerprint density at radius 2 is 1.19 bits per heavy atom. The van der Waals surface area contributed by atoms with Gasteiger partial charge in [0.1, 0.15) is 0 Å². The number of hydrogen-bond donors (Lipinski definition) is 0. The van der Waals surface area contributed by atoms with Gasteiger partial charge < -0.3 is 0 Å². The number of nitrogens with zero attached hydrogens (tertiary/aromatic N) is 1. The predicted octanol–water partition coefficient (Wildman–Crippen LogP) is 5.41. The van der Waals surface area contributed by atoms with Crippen LogP contribution in [0.1, 0.15) is 67.2 Å².